The number of phenolic OH excluding ortho intramolecular Hbond substituents is 1. The van der Waals surface area contributed by atoms with E-state index >= 15 is 0 Å². The standard InChI is InChI=1S/C34H33Cl2N9O8S2.C24H29N3/c1-17-19(3)42-52-33(17)44-54(48,49)23-12-8-21(9-13-23)38-40-27-16-28(30(46)25-6-5-7-26(29(25)27)37-32(47)31(35)36)41-39-22-10-14-24(15-11-22)55(50,51)45-34-18(2)20(4)43-53-34;1-25-21-12-6-18(7-13-21)24(19-8-14-22(15-9-19)26(2)3)20-10-16-23(17-11-20)27(4)5/h5-16,31,38-41,44-46H,1-4H3,(H,37,47);6-17,24-25H,1-5H3. The van der Waals surface area contributed by atoms with Crippen molar-refractivity contribution in [1.82, 2.24) is 10.3 Å². The zero-order valence-electron chi connectivity index (χ0n) is 46.2. The van der Waals surface area contributed by atoms with Gasteiger partial charge in [0.1, 0.15) is 5.75 Å². The molecule has 0 fully saturated rings. The summed E-state index contributed by atoms with van der Waals surface area (Å²) in [5.74, 6) is -0.665. The van der Waals surface area contributed by atoms with Crippen LogP contribution in [0.25, 0.3) is 10.8 Å². The van der Waals surface area contributed by atoms with Gasteiger partial charge in [0.15, 0.2) is 4.84 Å². The molecule has 9 N–H and O–H groups in total. The second-order valence-electron chi connectivity index (χ2n) is 19.3. The summed E-state index contributed by atoms with van der Waals surface area (Å²) >= 11 is 11.6. The number of benzene rings is 7. The van der Waals surface area contributed by atoms with E-state index in [1.807, 2.05) is 7.05 Å². The number of hydrazine groups is 2. The number of carbonyl (C=O) groups excluding carboxylic acids is 1. The highest BCUT2D eigenvalue weighted by molar-refractivity contribution is 7.93. The molecule has 0 saturated carbocycles. The minimum absolute atomic E-state index is 0.0171. The van der Waals surface area contributed by atoms with E-state index in [-0.39, 0.29) is 44.6 Å². The number of fused-ring (bicyclic) bond motifs is 1. The highest BCUT2D eigenvalue weighted by atomic mass is 35.5. The number of aromatic nitrogens is 2. The Morgan fingerprint density at radius 3 is 1.35 bits per heavy atom. The van der Waals surface area contributed by atoms with Crippen molar-refractivity contribution >= 4 is 117 Å². The van der Waals surface area contributed by atoms with Gasteiger partial charge in [-0.2, -0.15) is 0 Å². The topological polar surface area (TPSA) is 260 Å². The molecule has 2 aromatic heterocycles. The van der Waals surface area contributed by atoms with E-state index in [0.717, 1.165) is 5.69 Å². The molecule has 0 bridgehead atoms. The molecule has 0 spiro atoms. The van der Waals surface area contributed by atoms with E-state index in [9.17, 15) is 26.7 Å². The average Bonchev–Trinajstić information content (AvgIpc) is 3.48. The van der Waals surface area contributed by atoms with E-state index in [1.165, 1.54) is 82.7 Å². The second kappa shape index (κ2) is 25.3. The van der Waals surface area contributed by atoms with Crippen molar-refractivity contribution in [3.8, 4) is 5.75 Å². The summed E-state index contributed by atoms with van der Waals surface area (Å²) in [6, 6.07) is 44.4. The Morgan fingerprint density at radius 2 is 0.963 bits per heavy atom. The highest BCUT2D eigenvalue weighted by Crippen LogP contribution is 2.42. The first kappa shape index (κ1) is 59.3. The molecule has 1 amide bonds. The molecule has 82 heavy (non-hydrogen) atoms. The van der Waals surface area contributed by atoms with Crippen LogP contribution in [0.5, 0.6) is 5.75 Å². The zero-order chi connectivity index (χ0) is 59.0. The molecule has 428 valence electrons. The van der Waals surface area contributed by atoms with Crippen LogP contribution in [0.1, 0.15) is 45.1 Å². The number of nitrogens with zero attached hydrogens (tertiary/aromatic N) is 4. The summed E-state index contributed by atoms with van der Waals surface area (Å²) < 4.78 is 66.8. The highest BCUT2D eigenvalue weighted by Gasteiger charge is 2.23. The molecule has 20 nitrogen and oxygen atoms in total. The van der Waals surface area contributed by atoms with Crippen LogP contribution in [0, 0.1) is 27.7 Å². The maximum absolute atomic E-state index is 13.0. The van der Waals surface area contributed by atoms with Crippen molar-refractivity contribution in [3.05, 3.63) is 185 Å². The van der Waals surface area contributed by atoms with Crippen LogP contribution in [0.3, 0.4) is 0 Å². The van der Waals surface area contributed by atoms with Crippen LogP contribution in [0.2, 0.25) is 0 Å². The summed E-state index contributed by atoms with van der Waals surface area (Å²) in [5.41, 5.74) is 23.3. The van der Waals surface area contributed by atoms with Gasteiger partial charge >= 0.3 is 0 Å². The number of hydrogen-bond acceptors (Lipinski definition) is 17. The Morgan fingerprint density at radius 1 is 0.549 bits per heavy atom. The number of aromatic hydroxyl groups is 1. The van der Waals surface area contributed by atoms with Crippen molar-refractivity contribution in [1.29, 1.82) is 0 Å². The zero-order valence-corrected chi connectivity index (χ0v) is 49.3. The first-order valence-electron chi connectivity index (χ1n) is 25.4. The molecule has 24 heteroatoms. The van der Waals surface area contributed by atoms with Crippen LogP contribution < -0.4 is 51.6 Å². The average molecular weight is 1190 g/mol. The van der Waals surface area contributed by atoms with Gasteiger partial charge in [0, 0.05) is 80.1 Å². The van der Waals surface area contributed by atoms with Gasteiger partial charge in [-0.3, -0.25) is 10.2 Å². The SMILES string of the molecule is CNc1ccc(C(c2ccc(N(C)C)cc2)c2ccc(N(C)C)cc2)cc1.Cc1noc(NS(=O)(=O)c2ccc(NNc3cc(NNc4ccc(S(=O)(=O)Nc5onc(C)c5C)cc4)c4c(NC(=O)C(Cl)Cl)cccc4c3O)cc2)c1C. The maximum Gasteiger partial charge on any atom is 0.264 e. The summed E-state index contributed by atoms with van der Waals surface area (Å²) in [4.78, 5) is 15.3. The smallest absolute Gasteiger partial charge is 0.264 e. The monoisotopic (exact) mass is 1190 g/mol. The quantitative estimate of drug-likeness (QED) is 0.0113. The molecule has 0 aliphatic carbocycles. The molecule has 0 atom stereocenters. The van der Waals surface area contributed by atoms with Crippen LogP contribution in [-0.2, 0) is 24.8 Å². The third-order valence-electron chi connectivity index (χ3n) is 13.4. The van der Waals surface area contributed by atoms with Gasteiger partial charge in [-0.25, -0.2) is 26.3 Å². The Hall–Kier alpha value is -8.83. The van der Waals surface area contributed by atoms with E-state index < -0.39 is 30.8 Å². The number of anilines is 10. The predicted octanol–water partition coefficient (Wildman–Crippen LogP) is 12.0. The molecule has 0 radical (unpaired) electrons. The van der Waals surface area contributed by atoms with Gasteiger partial charge in [0.2, 0.25) is 11.8 Å². The number of aryl methyl sites for hydroxylation is 2. The van der Waals surface area contributed by atoms with Gasteiger partial charge < -0.3 is 50.9 Å². The molecular formula is C58H62Cl2N12O8S2. The predicted molar refractivity (Wildman–Crippen MR) is 329 cm³/mol. The van der Waals surface area contributed by atoms with Crippen LogP contribution in [0.4, 0.5) is 57.3 Å². The van der Waals surface area contributed by atoms with Crippen molar-refractivity contribution in [2.75, 3.05) is 86.8 Å². The number of amides is 1. The number of carbonyl (C=O) groups is 1. The van der Waals surface area contributed by atoms with Gasteiger partial charge in [0.25, 0.3) is 26.0 Å². The first-order chi connectivity index (χ1) is 39.0. The van der Waals surface area contributed by atoms with Crippen LogP contribution >= 0.6 is 23.2 Å². The summed E-state index contributed by atoms with van der Waals surface area (Å²) in [6.07, 6.45) is 0. The summed E-state index contributed by atoms with van der Waals surface area (Å²) in [5, 5.41) is 25.4. The molecule has 2 heterocycles. The molecule has 0 aliphatic heterocycles. The maximum atomic E-state index is 13.0. The lowest BCUT2D eigenvalue weighted by atomic mass is 9.85. The number of halogens is 2. The molecule has 0 unspecified atom stereocenters. The van der Waals surface area contributed by atoms with Gasteiger partial charge in [-0.05, 0) is 141 Å². The number of alkyl halides is 2. The van der Waals surface area contributed by atoms with Gasteiger partial charge in [-0.15, -0.1) is 0 Å². The van der Waals surface area contributed by atoms with Crippen LogP contribution in [0.15, 0.2) is 164 Å². The number of phenols is 1. The molecular weight excluding hydrogens is 1130 g/mol. The minimum atomic E-state index is -4.00. The van der Waals surface area contributed by atoms with Gasteiger partial charge in [-0.1, -0.05) is 82.0 Å². The first-order valence-corrected chi connectivity index (χ1v) is 29.2. The van der Waals surface area contributed by atoms with Crippen molar-refractivity contribution in [2.45, 2.75) is 48.2 Å². The number of hydrogen-bond donors (Lipinski definition) is 9. The van der Waals surface area contributed by atoms with E-state index in [1.54, 1.807) is 45.9 Å². The lowest BCUT2D eigenvalue weighted by Crippen LogP contribution is -2.19. The number of sulfonamides is 2. The lowest BCUT2D eigenvalue weighted by Gasteiger charge is -2.22. The normalized spacial score (nSPS) is 11.4. The minimum Gasteiger partial charge on any atom is -0.505 e. The molecule has 9 aromatic rings. The Balaban J connectivity index is 0.000000272. The fourth-order valence-electron chi connectivity index (χ4n) is 8.40. The molecule has 9 rings (SSSR count). The second-order valence-corrected chi connectivity index (χ2v) is 23.8. The van der Waals surface area contributed by atoms with Crippen molar-refractivity contribution in [2.24, 2.45) is 0 Å². The third-order valence-corrected chi connectivity index (χ3v) is 16.5. The van der Waals surface area contributed by atoms with Crippen molar-refractivity contribution < 1.29 is 35.8 Å². The summed E-state index contributed by atoms with van der Waals surface area (Å²) in [6.45, 7) is 6.75. The fraction of sp³-hybridized carbons (Fsp3) is 0.190. The molecule has 0 aliphatic rings. The van der Waals surface area contributed by atoms with E-state index in [4.69, 9.17) is 32.2 Å². The molecule has 7 aromatic carbocycles. The van der Waals surface area contributed by atoms with Gasteiger partial charge in [0.05, 0.1) is 49.6 Å². The van der Waals surface area contributed by atoms with Crippen LogP contribution in [-0.4, -0.2) is 78.2 Å². The fourth-order valence-corrected chi connectivity index (χ4v) is 10.6. The van der Waals surface area contributed by atoms with E-state index in [0.29, 0.717) is 50.3 Å². The molecule has 0 saturated heterocycles. The number of rotatable bonds is 20. The van der Waals surface area contributed by atoms with E-state index in [2.05, 4.69) is 163 Å². The lowest BCUT2D eigenvalue weighted by molar-refractivity contribution is -0.114. The third kappa shape index (κ3) is 13.8. The number of nitrogens with one attached hydrogen (secondary N) is 8. The largest absolute Gasteiger partial charge is 0.505 e. The Kier molecular flexibility index (Phi) is 18.3. The summed E-state index contributed by atoms with van der Waals surface area (Å²) in [7, 11) is 2.25. The Labute approximate surface area is 486 Å². The van der Waals surface area contributed by atoms with Crippen molar-refractivity contribution in [3.63, 3.8) is 0 Å². The Bertz CT molecular complexity index is 3870.